The molecule has 7 nitrogen and oxygen atoms in total. The molecule has 1 atom stereocenters. The fourth-order valence-corrected chi connectivity index (χ4v) is 5.35. The number of ketones is 1. The standard InChI is InChI=1S/C25H26BrNO6/c1-31-18-12-11-14(13-17(18)26)22(28)20-21(16-9-6-10-19(32-2)24(16)33-3)27(25(30)23(20)29)15-7-4-5-8-15/h6,9-13,15,21,28H,4-5,7-8H2,1-3H3/b22-20-. The summed E-state index contributed by atoms with van der Waals surface area (Å²) in [7, 11) is 4.59. The molecule has 4 rings (SSSR count). The highest BCUT2D eigenvalue weighted by molar-refractivity contribution is 9.10. The SMILES string of the molecule is COc1ccc(/C(O)=C2/C(=O)C(=O)N(C3CCCC3)C2c2cccc(OC)c2OC)cc1Br. The topological polar surface area (TPSA) is 85.3 Å². The summed E-state index contributed by atoms with van der Waals surface area (Å²) in [5.74, 6) is -0.0564. The maximum absolute atomic E-state index is 13.3. The van der Waals surface area contributed by atoms with Gasteiger partial charge in [0.05, 0.1) is 37.4 Å². The van der Waals surface area contributed by atoms with Crippen molar-refractivity contribution in [1.82, 2.24) is 4.90 Å². The molecule has 0 bridgehead atoms. The summed E-state index contributed by atoms with van der Waals surface area (Å²) in [4.78, 5) is 28.2. The van der Waals surface area contributed by atoms with E-state index in [2.05, 4.69) is 15.9 Å². The molecule has 174 valence electrons. The zero-order valence-electron chi connectivity index (χ0n) is 18.8. The molecule has 1 saturated carbocycles. The molecule has 1 saturated heterocycles. The van der Waals surface area contributed by atoms with Crippen molar-refractivity contribution in [2.75, 3.05) is 21.3 Å². The highest BCUT2D eigenvalue weighted by atomic mass is 79.9. The predicted octanol–water partition coefficient (Wildman–Crippen LogP) is 4.84. The van der Waals surface area contributed by atoms with Crippen LogP contribution in [-0.4, -0.2) is 49.1 Å². The molecular weight excluding hydrogens is 490 g/mol. The monoisotopic (exact) mass is 515 g/mol. The normalized spacial score (nSPS) is 20.4. The van der Waals surface area contributed by atoms with Gasteiger partial charge in [0, 0.05) is 17.2 Å². The molecule has 8 heteroatoms. The largest absolute Gasteiger partial charge is 0.507 e. The molecule has 2 aromatic carbocycles. The van der Waals surface area contributed by atoms with Gasteiger partial charge in [-0.3, -0.25) is 9.59 Å². The van der Waals surface area contributed by atoms with E-state index in [4.69, 9.17) is 14.2 Å². The van der Waals surface area contributed by atoms with Gasteiger partial charge in [0.15, 0.2) is 11.5 Å². The van der Waals surface area contributed by atoms with E-state index >= 15 is 0 Å². The van der Waals surface area contributed by atoms with Crippen LogP contribution in [0.4, 0.5) is 0 Å². The minimum Gasteiger partial charge on any atom is -0.507 e. The number of carbonyl (C=O) groups excluding carboxylic acids is 2. The molecule has 1 aliphatic carbocycles. The fraction of sp³-hybridized carbons (Fsp3) is 0.360. The Bertz CT molecular complexity index is 1120. The van der Waals surface area contributed by atoms with Crippen molar-refractivity contribution in [3.05, 3.63) is 57.6 Å². The summed E-state index contributed by atoms with van der Waals surface area (Å²) in [5.41, 5.74) is 1.03. The van der Waals surface area contributed by atoms with Crippen LogP contribution in [0.25, 0.3) is 5.76 Å². The molecule has 33 heavy (non-hydrogen) atoms. The number of aliphatic hydroxyl groups is 1. The van der Waals surface area contributed by atoms with Crippen LogP contribution in [0.15, 0.2) is 46.4 Å². The first kappa shape index (κ1) is 23.2. The predicted molar refractivity (Wildman–Crippen MR) is 127 cm³/mol. The number of halogens is 1. The second-order valence-electron chi connectivity index (χ2n) is 8.08. The van der Waals surface area contributed by atoms with Crippen molar-refractivity contribution in [1.29, 1.82) is 0 Å². The third kappa shape index (κ3) is 3.97. The van der Waals surface area contributed by atoms with Crippen molar-refractivity contribution < 1.29 is 28.9 Å². The number of carbonyl (C=O) groups is 2. The van der Waals surface area contributed by atoms with E-state index in [0.29, 0.717) is 32.8 Å². The van der Waals surface area contributed by atoms with Crippen LogP contribution in [0.2, 0.25) is 0 Å². The number of ether oxygens (including phenoxy) is 3. The third-order valence-corrected chi connectivity index (χ3v) is 6.97. The van der Waals surface area contributed by atoms with E-state index in [9.17, 15) is 14.7 Å². The minimum atomic E-state index is -0.793. The Kier molecular flexibility index (Phi) is 6.65. The van der Waals surface area contributed by atoms with E-state index in [1.165, 1.54) is 14.2 Å². The zero-order chi connectivity index (χ0) is 23.7. The number of aliphatic hydroxyl groups excluding tert-OH is 1. The summed E-state index contributed by atoms with van der Waals surface area (Å²) in [6.45, 7) is 0. The number of Topliss-reactive ketones (excluding diaryl/α,β-unsaturated/α-hetero) is 1. The number of amides is 1. The number of nitrogens with zero attached hydrogens (tertiary/aromatic N) is 1. The number of likely N-dealkylation sites (tertiary alicyclic amines) is 1. The zero-order valence-corrected chi connectivity index (χ0v) is 20.3. The highest BCUT2D eigenvalue weighted by Crippen LogP contribution is 2.48. The Hall–Kier alpha value is -3.00. The third-order valence-electron chi connectivity index (χ3n) is 6.35. The smallest absolute Gasteiger partial charge is 0.295 e. The van der Waals surface area contributed by atoms with Crippen molar-refractivity contribution in [3.8, 4) is 17.2 Å². The second kappa shape index (κ2) is 9.47. The van der Waals surface area contributed by atoms with Gasteiger partial charge in [-0.05, 0) is 53.0 Å². The van der Waals surface area contributed by atoms with Gasteiger partial charge in [0.1, 0.15) is 11.5 Å². The van der Waals surface area contributed by atoms with Crippen molar-refractivity contribution in [2.45, 2.75) is 37.8 Å². The quantitative estimate of drug-likeness (QED) is 0.336. The molecule has 2 aliphatic rings. The minimum absolute atomic E-state index is 0.0375. The summed E-state index contributed by atoms with van der Waals surface area (Å²) < 4.78 is 17.0. The molecule has 1 amide bonds. The van der Waals surface area contributed by atoms with Crippen molar-refractivity contribution in [2.24, 2.45) is 0 Å². The van der Waals surface area contributed by atoms with Crippen LogP contribution < -0.4 is 14.2 Å². The lowest BCUT2D eigenvalue weighted by Gasteiger charge is -2.31. The van der Waals surface area contributed by atoms with E-state index in [1.807, 2.05) is 0 Å². The number of hydrogen-bond donors (Lipinski definition) is 1. The first-order valence-electron chi connectivity index (χ1n) is 10.8. The number of methoxy groups -OCH3 is 3. The van der Waals surface area contributed by atoms with Gasteiger partial charge in [-0.25, -0.2) is 0 Å². The van der Waals surface area contributed by atoms with Gasteiger partial charge in [0.25, 0.3) is 11.7 Å². The summed E-state index contributed by atoms with van der Waals surface area (Å²) in [6.07, 6.45) is 3.59. The molecular formula is C25H26BrNO6. The first-order valence-corrected chi connectivity index (χ1v) is 11.6. The number of para-hydroxylation sites is 1. The summed E-state index contributed by atoms with van der Waals surface area (Å²) in [5, 5.41) is 11.3. The molecule has 0 radical (unpaired) electrons. The molecule has 2 fully saturated rings. The second-order valence-corrected chi connectivity index (χ2v) is 8.93. The maximum Gasteiger partial charge on any atom is 0.295 e. The van der Waals surface area contributed by atoms with Crippen LogP contribution in [-0.2, 0) is 9.59 Å². The molecule has 1 N–H and O–H groups in total. The lowest BCUT2D eigenvalue weighted by molar-refractivity contribution is -0.141. The highest BCUT2D eigenvalue weighted by Gasteiger charge is 2.50. The molecule has 1 unspecified atom stereocenters. The van der Waals surface area contributed by atoms with Crippen LogP contribution in [0, 0.1) is 0 Å². The number of benzene rings is 2. The van der Waals surface area contributed by atoms with Gasteiger partial charge < -0.3 is 24.2 Å². The van der Waals surface area contributed by atoms with E-state index < -0.39 is 17.7 Å². The van der Waals surface area contributed by atoms with Crippen molar-refractivity contribution >= 4 is 33.4 Å². The van der Waals surface area contributed by atoms with Gasteiger partial charge in [-0.1, -0.05) is 25.0 Å². The lowest BCUT2D eigenvalue weighted by Crippen LogP contribution is -2.37. The molecule has 1 heterocycles. The Morgan fingerprint density at radius 3 is 2.30 bits per heavy atom. The first-order chi connectivity index (χ1) is 15.9. The average molecular weight is 516 g/mol. The summed E-state index contributed by atoms with van der Waals surface area (Å²) in [6, 6.07) is 9.47. The van der Waals surface area contributed by atoms with Gasteiger partial charge >= 0.3 is 0 Å². The van der Waals surface area contributed by atoms with Crippen LogP contribution in [0.1, 0.15) is 42.9 Å². The Morgan fingerprint density at radius 2 is 1.70 bits per heavy atom. The van der Waals surface area contributed by atoms with Gasteiger partial charge in [-0.2, -0.15) is 0 Å². The van der Waals surface area contributed by atoms with Gasteiger partial charge in [0.2, 0.25) is 0 Å². The van der Waals surface area contributed by atoms with E-state index in [-0.39, 0.29) is 17.4 Å². The number of rotatable bonds is 6. The maximum atomic E-state index is 13.3. The Balaban J connectivity index is 1.95. The lowest BCUT2D eigenvalue weighted by atomic mass is 9.93. The Morgan fingerprint density at radius 1 is 1.00 bits per heavy atom. The molecule has 0 spiro atoms. The van der Waals surface area contributed by atoms with E-state index in [1.54, 1.807) is 48.4 Å². The van der Waals surface area contributed by atoms with E-state index in [0.717, 1.165) is 25.7 Å². The van der Waals surface area contributed by atoms with Crippen molar-refractivity contribution in [3.63, 3.8) is 0 Å². The van der Waals surface area contributed by atoms with Crippen LogP contribution in [0.5, 0.6) is 17.2 Å². The average Bonchev–Trinajstić information content (AvgIpc) is 3.44. The molecule has 2 aromatic rings. The summed E-state index contributed by atoms with van der Waals surface area (Å²) >= 11 is 3.42. The van der Waals surface area contributed by atoms with Crippen LogP contribution >= 0.6 is 15.9 Å². The molecule has 1 aliphatic heterocycles. The fourth-order valence-electron chi connectivity index (χ4n) is 4.81. The van der Waals surface area contributed by atoms with Crippen LogP contribution in [0.3, 0.4) is 0 Å². The number of hydrogen-bond acceptors (Lipinski definition) is 6. The molecule has 0 aromatic heterocycles. The Labute approximate surface area is 201 Å². The van der Waals surface area contributed by atoms with Gasteiger partial charge in [-0.15, -0.1) is 0 Å².